The Labute approximate surface area is 107 Å². The van der Waals surface area contributed by atoms with Gasteiger partial charge in [0.25, 0.3) is 0 Å². The summed E-state index contributed by atoms with van der Waals surface area (Å²) in [4.78, 5) is 22.9. The van der Waals surface area contributed by atoms with Crippen molar-refractivity contribution in [3.8, 4) is 0 Å². The molecule has 0 N–H and O–H groups in total. The summed E-state index contributed by atoms with van der Waals surface area (Å²) in [6.45, 7) is 3.23. The molecule has 0 atom stereocenters. The molecule has 0 saturated carbocycles. The van der Waals surface area contributed by atoms with Gasteiger partial charge < -0.3 is 9.47 Å². The molecule has 0 aromatic heterocycles. The molecule has 98 valence electrons. The first-order chi connectivity index (χ1) is 8.74. The fourth-order valence-corrected chi connectivity index (χ4v) is 1.35. The first-order valence-corrected chi connectivity index (χ1v) is 6.12. The zero-order chi connectivity index (χ0) is 13.2. The Balaban J connectivity index is 2.22. The molecule has 4 heteroatoms. The summed E-state index contributed by atoms with van der Waals surface area (Å²) in [6, 6.07) is 8.46. The van der Waals surface area contributed by atoms with E-state index in [9.17, 15) is 9.59 Å². The second-order valence-corrected chi connectivity index (χ2v) is 3.84. The molecule has 0 bridgehead atoms. The maximum absolute atomic E-state index is 11.5. The highest BCUT2D eigenvalue weighted by molar-refractivity contribution is 5.96. The molecule has 1 rings (SSSR count). The van der Waals surface area contributed by atoms with Crippen molar-refractivity contribution in [1.82, 2.24) is 0 Å². The van der Waals surface area contributed by atoms with Gasteiger partial charge in [0, 0.05) is 19.6 Å². The highest BCUT2D eigenvalue weighted by atomic mass is 16.6. The third-order valence-corrected chi connectivity index (χ3v) is 2.23. The van der Waals surface area contributed by atoms with Crippen LogP contribution in [0, 0.1) is 0 Å². The van der Waals surface area contributed by atoms with Crippen LogP contribution in [0.4, 0.5) is 0 Å². The van der Waals surface area contributed by atoms with Crippen LogP contribution < -0.4 is 0 Å². The molecule has 4 nitrogen and oxygen atoms in total. The van der Waals surface area contributed by atoms with Crippen LogP contribution in [0.1, 0.15) is 36.5 Å². The quantitative estimate of drug-likeness (QED) is 0.424. The molecule has 0 saturated heterocycles. The Morgan fingerprint density at radius 2 is 1.83 bits per heavy atom. The van der Waals surface area contributed by atoms with Gasteiger partial charge >= 0.3 is 11.9 Å². The van der Waals surface area contributed by atoms with Gasteiger partial charge in [0.1, 0.15) is 0 Å². The summed E-state index contributed by atoms with van der Waals surface area (Å²) in [6.07, 6.45) is 1.72. The van der Waals surface area contributed by atoms with Crippen LogP contribution in [0.25, 0.3) is 0 Å². The molecule has 0 radical (unpaired) electrons. The zero-order valence-electron chi connectivity index (χ0n) is 10.6. The lowest BCUT2D eigenvalue weighted by atomic mass is 10.2. The fraction of sp³-hybridized carbons (Fsp3) is 0.429. The van der Waals surface area contributed by atoms with Crippen LogP contribution in [-0.2, 0) is 14.3 Å². The Bertz CT molecular complexity index is 373. The van der Waals surface area contributed by atoms with E-state index in [1.165, 1.54) is 0 Å². The van der Waals surface area contributed by atoms with Gasteiger partial charge in [-0.25, -0.2) is 4.79 Å². The average Bonchev–Trinajstić information content (AvgIpc) is 2.39. The van der Waals surface area contributed by atoms with Gasteiger partial charge in [0.15, 0.2) is 0 Å². The number of esters is 2. The molecule has 0 fully saturated rings. The number of ether oxygens (including phenoxy) is 2. The number of hydrogen-bond donors (Lipinski definition) is 0. The van der Waals surface area contributed by atoms with Crippen molar-refractivity contribution < 1.29 is 19.1 Å². The molecule has 18 heavy (non-hydrogen) atoms. The number of rotatable bonds is 7. The normalized spacial score (nSPS) is 10.1. The minimum absolute atomic E-state index is 0.197. The summed E-state index contributed by atoms with van der Waals surface area (Å²) >= 11 is 0. The summed E-state index contributed by atoms with van der Waals surface area (Å²) in [5, 5.41) is 0. The van der Waals surface area contributed by atoms with Crippen molar-refractivity contribution in [1.29, 1.82) is 0 Å². The van der Waals surface area contributed by atoms with E-state index in [2.05, 4.69) is 0 Å². The minimum Gasteiger partial charge on any atom is -0.389 e. The maximum Gasteiger partial charge on any atom is 0.345 e. The first kappa shape index (κ1) is 14.4. The van der Waals surface area contributed by atoms with Crippen molar-refractivity contribution in [3.63, 3.8) is 0 Å². The lowest BCUT2D eigenvalue weighted by Gasteiger charge is -2.03. The number of carbonyl (C=O) groups is 2. The van der Waals surface area contributed by atoms with E-state index < -0.39 is 11.9 Å². The topological polar surface area (TPSA) is 52.6 Å². The first-order valence-electron chi connectivity index (χ1n) is 6.12. The van der Waals surface area contributed by atoms with Crippen LogP contribution >= 0.6 is 0 Å². The van der Waals surface area contributed by atoms with E-state index in [4.69, 9.17) is 9.47 Å². The molecule has 0 unspecified atom stereocenters. The molecule has 0 heterocycles. The zero-order valence-corrected chi connectivity index (χ0v) is 10.6. The molecule has 1 aromatic carbocycles. The van der Waals surface area contributed by atoms with Gasteiger partial charge in [-0.05, 0) is 25.0 Å². The van der Waals surface area contributed by atoms with Crippen molar-refractivity contribution in [2.24, 2.45) is 0 Å². The van der Waals surface area contributed by atoms with Crippen molar-refractivity contribution in [2.75, 3.05) is 13.2 Å². The largest absolute Gasteiger partial charge is 0.389 e. The molecule has 0 aliphatic heterocycles. The highest BCUT2D eigenvalue weighted by Gasteiger charge is 2.11. The molecule has 0 amide bonds. The second kappa shape index (κ2) is 8.42. The SMILES string of the molecule is CCCOCCCC(=O)OC(=O)c1ccccc1. The van der Waals surface area contributed by atoms with Gasteiger partial charge in [0.05, 0.1) is 5.56 Å². The van der Waals surface area contributed by atoms with Crippen LogP contribution in [0.2, 0.25) is 0 Å². The third-order valence-electron chi connectivity index (χ3n) is 2.23. The summed E-state index contributed by atoms with van der Waals surface area (Å²) in [5.41, 5.74) is 0.382. The fourth-order valence-electron chi connectivity index (χ4n) is 1.35. The Morgan fingerprint density at radius 3 is 2.50 bits per heavy atom. The van der Waals surface area contributed by atoms with Crippen LogP contribution in [0.15, 0.2) is 30.3 Å². The maximum atomic E-state index is 11.5. The van der Waals surface area contributed by atoms with Gasteiger partial charge in [-0.1, -0.05) is 25.1 Å². The molecule has 0 aliphatic carbocycles. The minimum atomic E-state index is -0.602. The highest BCUT2D eigenvalue weighted by Crippen LogP contribution is 2.03. The molecular formula is C14H18O4. The van der Waals surface area contributed by atoms with E-state index in [-0.39, 0.29) is 6.42 Å². The van der Waals surface area contributed by atoms with Crippen LogP contribution in [-0.4, -0.2) is 25.2 Å². The van der Waals surface area contributed by atoms with Crippen LogP contribution in [0.5, 0.6) is 0 Å². The Morgan fingerprint density at radius 1 is 1.11 bits per heavy atom. The lowest BCUT2D eigenvalue weighted by Crippen LogP contribution is -2.13. The summed E-state index contributed by atoms with van der Waals surface area (Å²) < 4.78 is 9.94. The van der Waals surface area contributed by atoms with Crippen molar-refractivity contribution >= 4 is 11.9 Å². The number of benzene rings is 1. The average molecular weight is 250 g/mol. The number of carbonyl (C=O) groups excluding carboxylic acids is 2. The number of hydrogen-bond acceptors (Lipinski definition) is 4. The molecular weight excluding hydrogens is 232 g/mol. The molecule has 0 aliphatic rings. The molecule has 0 spiro atoms. The summed E-state index contributed by atoms with van der Waals surface area (Å²) in [5.74, 6) is -1.11. The summed E-state index contributed by atoms with van der Waals surface area (Å²) in [7, 11) is 0. The van der Waals surface area contributed by atoms with E-state index in [0.717, 1.165) is 6.42 Å². The van der Waals surface area contributed by atoms with Crippen molar-refractivity contribution in [3.05, 3.63) is 35.9 Å². The predicted octanol–water partition coefficient (Wildman–Crippen LogP) is 2.58. The van der Waals surface area contributed by atoms with Gasteiger partial charge in [-0.3, -0.25) is 4.79 Å². The lowest BCUT2D eigenvalue weighted by molar-refractivity contribution is -0.138. The van der Waals surface area contributed by atoms with Crippen LogP contribution in [0.3, 0.4) is 0 Å². The van der Waals surface area contributed by atoms with Gasteiger partial charge in [-0.2, -0.15) is 0 Å². The Hall–Kier alpha value is -1.68. The van der Waals surface area contributed by atoms with Gasteiger partial charge in [-0.15, -0.1) is 0 Å². The second-order valence-electron chi connectivity index (χ2n) is 3.84. The van der Waals surface area contributed by atoms with Crippen molar-refractivity contribution in [2.45, 2.75) is 26.2 Å². The van der Waals surface area contributed by atoms with E-state index in [1.807, 2.05) is 6.92 Å². The monoisotopic (exact) mass is 250 g/mol. The third kappa shape index (κ3) is 5.59. The predicted molar refractivity (Wildman–Crippen MR) is 67.2 cm³/mol. The molecule has 1 aromatic rings. The van der Waals surface area contributed by atoms with Gasteiger partial charge in [0.2, 0.25) is 0 Å². The van der Waals surface area contributed by atoms with E-state index in [0.29, 0.717) is 25.2 Å². The Kier molecular flexibility index (Phi) is 6.72. The van der Waals surface area contributed by atoms with E-state index in [1.54, 1.807) is 30.3 Å². The smallest absolute Gasteiger partial charge is 0.345 e. The van der Waals surface area contributed by atoms with E-state index >= 15 is 0 Å². The standard InChI is InChI=1S/C14H18O4/c1-2-10-17-11-6-9-13(15)18-14(16)12-7-4-3-5-8-12/h3-5,7-8H,2,6,9-11H2,1H3.